The van der Waals surface area contributed by atoms with E-state index in [1.54, 1.807) is 12.4 Å². The molecule has 1 heterocycles. The molecule has 122 valence electrons. The van der Waals surface area contributed by atoms with Crippen LogP contribution in [0.1, 0.15) is 42.1 Å². The molecule has 2 N–H and O–H groups in total. The van der Waals surface area contributed by atoms with E-state index in [4.69, 9.17) is 0 Å². The monoisotopic (exact) mass is 375 g/mol. The number of aromatic nitrogens is 1. The Morgan fingerprint density at radius 1 is 1.22 bits per heavy atom. The number of pyridine rings is 1. The minimum atomic E-state index is -0.0831. The van der Waals surface area contributed by atoms with Gasteiger partial charge in [-0.15, -0.1) is 0 Å². The van der Waals surface area contributed by atoms with Crippen LogP contribution in [0.25, 0.3) is 0 Å². The highest BCUT2D eigenvalue weighted by Crippen LogP contribution is 2.26. The van der Waals surface area contributed by atoms with Gasteiger partial charge in [-0.1, -0.05) is 25.8 Å². The van der Waals surface area contributed by atoms with Crippen molar-refractivity contribution in [3.05, 3.63) is 52.3 Å². The quantitative estimate of drug-likeness (QED) is 0.682. The standard InChI is InChI=1S/C18H22BrN3O/c1-3-4-5-8-21-18(23)14-10-15(12-20-11-14)22-17-7-6-13(2)9-16(17)19/h6-7,9-12,22H,3-5,8H2,1-2H3,(H,21,23). The maximum Gasteiger partial charge on any atom is 0.252 e. The fourth-order valence-corrected chi connectivity index (χ4v) is 2.78. The van der Waals surface area contributed by atoms with E-state index in [9.17, 15) is 4.79 Å². The molecule has 1 aromatic heterocycles. The minimum Gasteiger partial charge on any atom is -0.353 e. The Kier molecular flexibility index (Phi) is 6.59. The van der Waals surface area contributed by atoms with Gasteiger partial charge < -0.3 is 10.6 Å². The fourth-order valence-electron chi connectivity index (χ4n) is 2.19. The number of nitrogens with one attached hydrogen (secondary N) is 2. The zero-order chi connectivity index (χ0) is 16.7. The Labute approximate surface area is 145 Å². The van der Waals surface area contributed by atoms with Crippen molar-refractivity contribution in [1.29, 1.82) is 0 Å². The number of unbranched alkanes of at least 4 members (excludes halogenated alkanes) is 2. The van der Waals surface area contributed by atoms with Gasteiger partial charge in [0.25, 0.3) is 5.91 Å². The average molecular weight is 376 g/mol. The molecule has 0 aliphatic rings. The highest BCUT2D eigenvalue weighted by molar-refractivity contribution is 9.10. The Balaban J connectivity index is 2.03. The Bertz CT molecular complexity index is 673. The zero-order valence-corrected chi connectivity index (χ0v) is 15.1. The van der Waals surface area contributed by atoms with E-state index < -0.39 is 0 Å². The number of carbonyl (C=O) groups is 1. The van der Waals surface area contributed by atoms with Crippen LogP contribution in [0.5, 0.6) is 0 Å². The van der Waals surface area contributed by atoms with Gasteiger partial charge in [0.15, 0.2) is 0 Å². The van der Waals surface area contributed by atoms with E-state index in [0.717, 1.165) is 35.1 Å². The second-order valence-electron chi connectivity index (χ2n) is 5.53. The maximum absolute atomic E-state index is 12.1. The summed E-state index contributed by atoms with van der Waals surface area (Å²) < 4.78 is 0.979. The van der Waals surface area contributed by atoms with Gasteiger partial charge in [0.1, 0.15) is 0 Å². The molecule has 0 radical (unpaired) electrons. The normalized spacial score (nSPS) is 10.4. The lowest BCUT2D eigenvalue weighted by molar-refractivity contribution is 0.0952. The van der Waals surface area contributed by atoms with Crippen molar-refractivity contribution in [3.63, 3.8) is 0 Å². The molecule has 0 atom stereocenters. The predicted molar refractivity (Wildman–Crippen MR) is 98.3 cm³/mol. The first-order valence-corrected chi connectivity index (χ1v) is 8.66. The second-order valence-corrected chi connectivity index (χ2v) is 6.39. The van der Waals surface area contributed by atoms with Crippen LogP contribution in [-0.4, -0.2) is 17.4 Å². The third-order valence-corrected chi connectivity index (χ3v) is 4.13. The molecular formula is C18H22BrN3O. The Morgan fingerprint density at radius 2 is 2.04 bits per heavy atom. The van der Waals surface area contributed by atoms with Crippen molar-refractivity contribution in [2.24, 2.45) is 0 Å². The molecule has 4 nitrogen and oxygen atoms in total. The van der Waals surface area contributed by atoms with Crippen molar-refractivity contribution >= 4 is 33.2 Å². The number of hydrogen-bond donors (Lipinski definition) is 2. The second kappa shape index (κ2) is 8.67. The van der Waals surface area contributed by atoms with Crippen molar-refractivity contribution in [2.45, 2.75) is 33.1 Å². The molecule has 0 aliphatic carbocycles. The van der Waals surface area contributed by atoms with E-state index >= 15 is 0 Å². The van der Waals surface area contributed by atoms with E-state index in [1.165, 1.54) is 5.56 Å². The Hall–Kier alpha value is -1.88. The minimum absolute atomic E-state index is 0.0831. The third kappa shape index (κ3) is 5.36. The number of benzene rings is 1. The zero-order valence-electron chi connectivity index (χ0n) is 13.5. The fraction of sp³-hybridized carbons (Fsp3) is 0.333. The summed E-state index contributed by atoms with van der Waals surface area (Å²) in [5, 5.41) is 6.21. The highest BCUT2D eigenvalue weighted by Gasteiger charge is 2.07. The number of rotatable bonds is 7. The molecule has 0 unspecified atom stereocenters. The van der Waals surface area contributed by atoms with Crippen molar-refractivity contribution in [2.75, 3.05) is 11.9 Å². The van der Waals surface area contributed by atoms with Gasteiger partial charge in [-0.25, -0.2) is 0 Å². The molecule has 0 aliphatic heterocycles. The molecule has 23 heavy (non-hydrogen) atoms. The van der Waals surface area contributed by atoms with Gasteiger partial charge in [-0.2, -0.15) is 0 Å². The van der Waals surface area contributed by atoms with Crippen LogP contribution >= 0.6 is 15.9 Å². The van der Waals surface area contributed by atoms with Gasteiger partial charge in [0, 0.05) is 17.2 Å². The summed E-state index contributed by atoms with van der Waals surface area (Å²) in [6.07, 6.45) is 6.57. The van der Waals surface area contributed by atoms with Crippen LogP contribution in [0.3, 0.4) is 0 Å². The Morgan fingerprint density at radius 3 is 2.78 bits per heavy atom. The molecule has 5 heteroatoms. The molecule has 1 amide bonds. The molecule has 0 saturated carbocycles. The van der Waals surface area contributed by atoms with Crippen molar-refractivity contribution in [3.8, 4) is 0 Å². The smallest absolute Gasteiger partial charge is 0.252 e. The molecule has 1 aromatic carbocycles. The molecule has 0 saturated heterocycles. The highest BCUT2D eigenvalue weighted by atomic mass is 79.9. The first-order chi connectivity index (χ1) is 11.1. The van der Waals surface area contributed by atoms with Crippen LogP contribution in [-0.2, 0) is 0 Å². The summed E-state index contributed by atoms with van der Waals surface area (Å²) in [4.78, 5) is 16.3. The first-order valence-electron chi connectivity index (χ1n) is 7.86. The lowest BCUT2D eigenvalue weighted by atomic mass is 10.2. The molecule has 2 aromatic rings. The average Bonchev–Trinajstić information content (AvgIpc) is 2.54. The summed E-state index contributed by atoms with van der Waals surface area (Å²) in [7, 11) is 0. The summed E-state index contributed by atoms with van der Waals surface area (Å²) in [6, 6.07) is 7.89. The van der Waals surface area contributed by atoms with Crippen LogP contribution < -0.4 is 10.6 Å². The number of amides is 1. The number of aryl methyl sites for hydroxylation is 1. The third-order valence-electron chi connectivity index (χ3n) is 3.47. The lowest BCUT2D eigenvalue weighted by Crippen LogP contribution is -2.24. The molecular weight excluding hydrogens is 354 g/mol. The summed E-state index contributed by atoms with van der Waals surface area (Å²) in [6.45, 7) is 4.89. The maximum atomic E-state index is 12.1. The van der Waals surface area contributed by atoms with Gasteiger partial charge in [0.2, 0.25) is 0 Å². The number of halogens is 1. The molecule has 2 rings (SSSR count). The lowest BCUT2D eigenvalue weighted by Gasteiger charge is -2.10. The van der Waals surface area contributed by atoms with E-state index in [2.05, 4.69) is 38.5 Å². The van der Waals surface area contributed by atoms with Gasteiger partial charge in [0.05, 0.1) is 23.1 Å². The summed E-state index contributed by atoms with van der Waals surface area (Å²) >= 11 is 3.54. The number of nitrogens with zero attached hydrogens (tertiary/aromatic N) is 1. The van der Waals surface area contributed by atoms with Crippen molar-refractivity contribution in [1.82, 2.24) is 10.3 Å². The van der Waals surface area contributed by atoms with Gasteiger partial charge in [-0.05, 0) is 53.0 Å². The predicted octanol–water partition coefficient (Wildman–Crippen LogP) is 4.82. The summed E-state index contributed by atoms with van der Waals surface area (Å²) in [5.74, 6) is -0.0831. The summed E-state index contributed by atoms with van der Waals surface area (Å²) in [5.41, 5.74) is 3.48. The van der Waals surface area contributed by atoms with E-state index in [1.807, 2.05) is 31.2 Å². The van der Waals surface area contributed by atoms with Crippen LogP contribution in [0, 0.1) is 6.92 Å². The van der Waals surface area contributed by atoms with E-state index in [-0.39, 0.29) is 5.91 Å². The molecule has 0 bridgehead atoms. The largest absolute Gasteiger partial charge is 0.353 e. The van der Waals surface area contributed by atoms with Gasteiger partial charge >= 0.3 is 0 Å². The van der Waals surface area contributed by atoms with Crippen molar-refractivity contribution < 1.29 is 4.79 Å². The van der Waals surface area contributed by atoms with Crippen LogP contribution in [0.2, 0.25) is 0 Å². The SMILES string of the molecule is CCCCCNC(=O)c1cncc(Nc2ccc(C)cc2Br)c1. The molecule has 0 fully saturated rings. The topological polar surface area (TPSA) is 54.0 Å². The number of anilines is 2. The van der Waals surface area contributed by atoms with Crippen LogP contribution in [0.4, 0.5) is 11.4 Å². The van der Waals surface area contributed by atoms with Crippen LogP contribution in [0.15, 0.2) is 41.1 Å². The number of hydrogen-bond acceptors (Lipinski definition) is 3. The van der Waals surface area contributed by atoms with Gasteiger partial charge in [-0.3, -0.25) is 9.78 Å². The van der Waals surface area contributed by atoms with E-state index in [0.29, 0.717) is 12.1 Å². The number of carbonyl (C=O) groups excluding carboxylic acids is 1. The molecule has 0 spiro atoms. The first kappa shape index (κ1) is 17.5.